The molecule has 22 heavy (non-hydrogen) atoms. The van der Waals surface area contributed by atoms with Crippen LogP contribution in [0.5, 0.6) is 0 Å². The SMILES string of the molecule is CS(=O)(=O)c1cccc(S(=O)(=O)Nc2c(F)cccc2F)c1. The second-order valence-electron chi connectivity index (χ2n) is 4.45. The molecule has 9 heteroatoms. The highest BCUT2D eigenvalue weighted by Crippen LogP contribution is 2.23. The first-order chi connectivity index (χ1) is 10.1. The molecule has 0 saturated carbocycles. The van der Waals surface area contributed by atoms with Crippen LogP contribution in [0, 0.1) is 11.6 Å². The van der Waals surface area contributed by atoms with E-state index < -0.39 is 42.1 Å². The number of nitrogens with one attached hydrogen (secondary N) is 1. The molecule has 0 aliphatic heterocycles. The third-order valence-corrected chi connectivity index (χ3v) is 5.20. The zero-order valence-corrected chi connectivity index (χ0v) is 12.9. The summed E-state index contributed by atoms with van der Waals surface area (Å²) in [5.74, 6) is -2.16. The van der Waals surface area contributed by atoms with Crippen molar-refractivity contribution in [3.63, 3.8) is 0 Å². The van der Waals surface area contributed by atoms with E-state index in [9.17, 15) is 25.6 Å². The number of hydrogen-bond acceptors (Lipinski definition) is 4. The minimum Gasteiger partial charge on any atom is -0.274 e. The average Bonchev–Trinajstić information content (AvgIpc) is 2.42. The van der Waals surface area contributed by atoms with Gasteiger partial charge >= 0.3 is 0 Å². The largest absolute Gasteiger partial charge is 0.274 e. The third-order valence-electron chi connectivity index (χ3n) is 2.74. The molecular weight excluding hydrogens is 336 g/mol. The van der Waals surface area contributed by atoms with Gasteiger partial charge in [-0.15, -0.1) is 0 Å². The van der Waals surface area contributed by atoms with Crippen LogP contribution in [0.1, 0.15) is 0 Å². The zero-order chi connectivity index (χ0) is 16.5. The molecule has 0 saturated heterocycles. The molecule has 2 aromatic carbocycles. The molecule has 118 valence electrons. The fourth-order valence-electron chi connectivity index (χ4n) is 1.66. The van der Waals surface area contributed by atoms with Crippen LogP contribution in [0.25, 0.3) is 0 Å². The number of sulfonamides is 1. The second kappa shape index (κ2) is 5.65. The monoisotopic (exact) mass is 347 g/mol. The van der Waals surface area contributed by atoms with Crippen LogP contribution in [0.4, 0.5) is 14.5 Å². The lowest BCUT2D eigenvalue weighted by Gasteiger charge is -2.10. The molecular formula is C13H11F2NO4S2. The van der Waals surface area contributed by atoms with Crippen molar-refractivity contribution in [2.75, 3.05) is 11.0 Å². The summed E-state index contributed by atoms with van der Waals surface area (Å²) in [5, 5.41) is 0. The van der Waals surface area contributed by atoms with Crippen molar-refractivity contribution >= 4 is 25.5 Å². The minimum absolute atomic E-state index is 0.218. The lowest BCUT2D eigenvalue weighted by atomic mass is 10.3. The molecule has 2 rings (SSSR count). The van der Waals surface area contributed by atoms with Crippen LogP contribution in [0.15, 0.2) is 52.3 Å². The summed E-state index contributed by atoms with van der Waals surface area (Å²) in [4.78, 5) is -0.637. The number of hydrogen-bond donors (Lipinski definition) is 1. The Kier molecular flexibility index (Phi) is 4.21. The normalized spacial score (nSPS) is 12.1. The third kappa shape index (κ3) is 3.42. The Morgan fingerprint density at radius 3 is 1.91 bits per heavy atom. The topological polar surface area (TPSA) is 80.3 Å². The van der Waals surface area contributed by atoms with Gasteiger partial charge in [0.1, 0.15) is 17.3 Å². The van der Waals surface area contributed by atoms with Gasteiger partial charge in [0.05, 0.1) is 9.79 Å². The predicted molar refractivity (Wildman–Crippen MR) is 76.7 cm³/mol. The number of anilines is 1. The number of benzene rings is 2. The summed E-state index contributed by atoms with van der Waals surface area (Å²) in [7, 11) is -7.95. The van der Waals surface area contributed by atoms with Crippen molar-refractivity contribution in [2.24, 2.45) is 0 Å². The molecule has 0 aliphatic carbocycles. The Balaban J connectivity index is 2.48. The van der Waals surface area contributed by atoms with Crippen LogP contribution >= 0.6 is 0 Å². The highest BCUT2D eigenvalue weighted by atomic mass is 32.2. The van der Waals surface area contributed by atoms with Crippen molar-refractivity contribution in [2.45, 2.75) is 9.79 Å². The molecule has 0 unspecified atom stereocenters. The second-order valence-corrected chi connectivity index (χ2v) is 8.15. The Bertz CT molecular complexity index is 905. The zero-order valence-electron chi connectivity index (χ0n) is 11.2. The Morgan fingerprint density at radius 2 is 1.36 bits per heavy atom. The smallest absolute Gasteiger partial charge is 0.262 e. The molecule has 0 aliphatic rings. The summed E-state index contributed by atoms with van der Waals surface area (Å²) in [6.07, 6.45) is 0.919. The fourth-order valence-corrected chi connectivity index (χ4v) is 3.52. The van der Waals surface area contributed by atoms with E-state index in [4.69, 9.17) is 0 Å². The summed E-state index contributed by atoms with van der Waals surface area (Å²) in [5.41, 5.74) is -0.827. The molecule has 1 N–H and O–H groups in total. The summed E-state index contributed by atoms with van der Waals surface area (Å²) in [6.45, 7) is 0. The van der Waals surface area contributed by atoms with E-state index in [1.54, 1.807) is 4.72 Å². The van der Waals surface area contributed by atoms with Gasteiger partial charge < -0.3 is 0 Å². The summed E-state index contributed by atoms with van der Waals surface area (Å²) < 4.78 is 76.0. The molecule has 0 heterocycles. The number of sulfone groups is 1. The van der Waals surface area contributed by atoms with Crippen LogP contribution < -0.4 is 4.72 Å². The van der Waals surface area contributed by atoms with E-state index in [0.717, 1.165) is 36.6 Å². The van der Waals surface area contributed by atoms with Crippen LogP contribution in [-0.4, -0.2) is 23.1 Å². The lowest BCUT2D eigenvalue weighted by Crippen LogP contribution is -2.15. The van der Waals surface area contributed by atoms with E-state index in [1.165, 1.54) is 12.1 Å². The van der Waals surface area contributed by atoms with Gasteiger partial charge in [-0.1, -0.05) is 12.1 Å². The molecule has 0 radical (unpaired) electrons. The molecule has 5 nitrogen and oxygen atoms in total. The molecule has 0 fully saturated rings. The maximum absolute atomic E-state index is 13.5. The standard InChI is InChI=1S/C13H11F2NO4S2/c1-21(17,18)9-4-2-5-10(8-9)22(19,20)16-13-11(14)6-3-7-12(13)15/h2-8,16H,1H3. The molecule has 0 aromatic heterocycles. The number of rotatable bonds is 4. The maximum Gasteiger partial charge on any atom is 0.262 e. The van der Waals surface area contributed by atoms with Gasteiger partial charge in [0.25, 0.3) is 10.0 Å². The lowest BCUT2D eigenvalue weighted by molar-refractivity contribution is 0.582. The van der Waals surface area contributed by atoms with Crippen molar-refractivity contribution in [1.29, 1.82) is 0 Å². The van der Waals surface area contributed by atoms with E-state index >= 15 is 0 Å². The van der Waals surface area contributed by atoms with Crippen molar-refractivity contribution in [3.8, 4) is 0 Å². The van der Waals surface area contributed by atoms with Crippen molar-refractivity contribution in [1.82, 2.24) is 0 Å². The molecule has 0 atom stereocenters. The number of para-hydroxylation sites is 1. The van der Waals surface area contributed by atoms with Gasteiger partial charge in [0, 0.05) is 6.26 Å². The maximum atomic E-state index is 13.5. The Hall–Kier alpha value is -2.00. The van der Waals surface area contributed by atoms with Crippen molar-refractivity contribution < 1.29 is 25.6 Å². The first-order valence-electron chi connectivity index (χ1n) is 5.88. The van der Waals surface area contributed by atoms with Gasteiger partial charge in [0.15, 0.2) is 9.84 Å². The van der Waals surface area contributed by atoms with E-state index in [-0.39, 0.29) is 4.90 Å². The molecule has 0 amide bonds. The van der Waals surface area contributed by atoms with E-state index in [1.807, 2.05) is 0 Å². The number of halogens is 2. The van der Waals surface area contributed by atoms with Gasteiger partial charge in [-0.25, -0.2) is 25.6 Å². The summed E-state index contributed by atoms with van der Waals surface area (Å²) in [6, 6.07) is 7.36. The Labute approximate surface area is 126 Å². The highest BCUT2D eigenvalue weighted by molar-refractivity contribution is 7.93. The molecule has 0 bridgehead atoms. The van der Waals surface area contributed by atoms with E-state index in [2.05, 4.69) is 0 Å². The quantitative estimate of drug-likeness (QED) is 0.919. The van der Waals surface area contributed by atoms with Crippen LogP contribution in [0.2, 0.25) is 0 Å². The van der Waals surface area contributed by atoms with Crippen molar-refractivity contribution in [3.05, 3.63) is 54.1 Å². The van der Waals surface area contributed by atoms with Gasteiger partial charge in [-0.05, 0) is 30.3 Å². The van der Waals surface area contributed by atoms with Gasteiger partial charge in [0.2, 0.25) is 0 Å². The molecule has 0 spiro atoms. The minimum atomic E-state index is -4.34. The highest BCUT2D eigenvalue weighted by Gasteiger charge is 2.20. The van der Waals surface area contributed by atoms with E-state index in [0.29, 0.717) is 0 Å². The predicted octanol–water partition coefficient (Wildman–Crippen LogP) is 2.17. The summed E-state index contributed by atoms with van der Waals surface area (Å²) >= 11 is 0. The fraction of sp³-hybridized carbons (Fsp3) is 0.0769. The molecule has 2 aromatic rings. The first kappa shape index (κ1) is 16.4. The first-order valence-corrected chi connectivity index (χ1v) is 9.26. The van der Waals surface area contributed by atoms with Gasteiger partial charge in [-0.2, -0.15) is 0 Å². The Morgan fingerprint density at radius 1 is 0.864 bits per heavy atom. The average molecular weight is 347 g/mol. The van der Waals surface area contributed by atoms with Gasteiger partial charge in [-0.3, -0.25) is 4.72 Å². The van der Waals surface area contributed by atoms with Crippen LogP contribution in [-0.2, 0) is 19.9 Å². The van der Waals surface area contributed by atoms with Crippen LogP contribution in [0.3, 0.4) is 0 Å².